The standard InChI is InChI=1S/C14H28N2O6/c1-15-4-7-20-9-11-22-13-12-21-10-8-19-6-2-14(18)16-3-5-17/h5,15H,2-4,6-13H2,1H3,(H,16,18). The summed E-state index contributed by atoms with van der Waals surface area (Å²) in [5.41, 5.74) is 0. The van der Waals surface area contributed by atoms with Crippen LogP contribution in [-0.4, -0.2) is 85.2 Å². The molecule has 0 aliphatic carbocycles. The summed E-state index contributed by atoms with van der Waals surface area (Å²) in [6.07, 6.45) is 0.883. The minimum atomic E-state index is -0.196. The molecule has 22 heavy (non-hydrogen) atoms. The Kier molecular flexibility index (Phi) is 17.1. The fourth-order valence-electron chi connectivity index (χ4n) is 1.34. The maximum Gasteiger partial charge on any atom is 0.222 e. The molecule has 0 aliphatic rings. The van der Waals surface area contributed by atoms with Crippen LogP contribution < -0.4 is 10.6 Å². The molecule has 0 aromatic carbocycles. The summed E-state index contributed by atoms with van der Waals surface area (Å²) in [7, 11) is 1.88. The summed E-state index contributed by atoms with van der Waals surface area (Å²) >= 11 is 0. The van der Waals surface area contributed by atoms with Gasteiger partial charge in [-0.05, 0) is 7.05 Å². The summed E-state index contributed by atoms with van der Waals surface area (Å²) in [6, 6.07) is 0. The molecule has 2 N–H and O–H groups in total. The molecule has 0 heterocycles. The second kappa shape index (κ2) is 18.0. The second-order valence-corrected chi connectivity index (χ2v) is 4.27. The molecular formula is C14H28N2O6. The number of hydrogen-bond donors (Lipinski definition) is 2. The maximum atomic E-state index is 11.1. The number of hydrogen-bond acceptors (Lipinski definition) is 7. The van der Waals surface area contributed by atoms with E-state index in [1.54, 1.807) is 0 Å². The van der Waals surface area contributed by atoms with Crippen LogP contribution >= 0.6 is 0 Å². The molecule has 0 unspecified atom stereocenters. The molecule has 8 nitrogen and oxygen atoms in total. The van der Waals surface area contributed by atoms with E-state index in [9.17, 15) is 9.59 Å². The largest absolute Gasteiger partial charge is 0.379 e. The summed E-state index contributed by atoms with van der Waals surface area (Å²) in [5, 5.41) is 5.42. The quantitative estimate of drug-likeness (QED) is 0.261. The van der Waals surface area contributed by atoms with Crippen LogP contribution in [0.15, 0.2) is 0 Å². The first kappa shape index (κ1) is 20.9. The molecule has 0 fully saturated rings. The molecule has 0 saturated carbocycles. The number of aldehydes is 1. The first-order chi connectivity index (χ1) is 10.8. The molecule has 0 radical (unpaired) electrons. The van der Waals surface area contributed by atoms with Crippen LogP contribution in [0.5, 0.6) is 0 Å². The molecule has 0 saturated heterocycles. The average Bonchev–Trinajstić information content (AvgIpc) is 2.53. The third-order valence-electron chi connectivity index (χ3n) is 2.47. The van der Waals surface area contributed by atoms with Crippen molar-refractivity contribution in [2.45, 2.75) is 6.42 Å². The number of nitrogens with one attached hydrogen (secondary N) is 2. The van der Waals surface area contributed by atoms with Gasteiger partial charge in [0.2, 0.25) is 5.91 Å². The number of carbonyl (C=O) groups excluding carboxylic acids is 2. The van der Waals surface area contributed by atoms with Crippen LogP contribution in [-0.2, 0) is 28.5 Å². The molecule has 130 valence electrons. The Balaban J connectivity index is 3.05. The van der Waals surface area contributed by atoms with E-state index in [4.69, 9.17) is 18.9 Å². The zero-order valence-corrected chi connectivity index (χ0v) is 13.3. The van der Waals surface area contributed by atoms with Gasteiger partial charge in [0, 0.05) is 13.0 Å². The highest BCUT2D eigenvalue weighted by Crippen LogP contribution is 1.85. The number of carbonyl (C=O) groups is 2. The van der Waals surface area contributed by atoms with Crippen molar-refractivity contribution in [2.75, 3.05) is 73.0 Å². The number of ether oxygens (including phenoxy) is 4. The van der Waals surface area contributed by atoms with E-state index in [1.807, 2.05) is 7.05 Å². The van der Waals surface area contributed by atoms with Gasteiger partial charge in [-0.1, -0.05) is 0 Å². The van der Waals surface area contributed by atoms with Gasteiger partial charge in [-0.2, -0.15) is 0 Å². The molecule has 0 aromatic rings. The van der Waals surface area contributed by atoms with Crippen molar-refractivity contribution in [3.8, 4) is 0 Å². The van der Waals surface area contributed by atoms with Gasteiger partial charge in [0.25, 0.3) is 0 Å². The maximum absolute atomic E-state index is 11.1. The van der Waals surface area contributed by atoms with Crippen LogP contribution in [0.1, 0.15) is 6.42 Å². The van der Waals surface area contributed by atoms with Crippen molar-refractivity contribution in [1.82, 2.24) is 10.6 Å². The lowest BCUT2D eigenvalue weighted by molar-refractivity contribution is -0.123. The third-order valence-corrected chi connectivity index (χ3v) is 2.47. The Morgan fingerprint density at radius 1 is 0.864 bits per heavy atom. The Hall–Kier alpha value is -1.06. The first-order valence-corrected chi connectivity index (χ1v) is 7.47. The van der Waals surface area contributed by atoms with Gasteiger partial charge < -0.3 is 34.4 Å². The molecule has 0 spiro atoms. The Morgan fingerprint density at radius 2 is 1.36 bits per heavy atom. The van der Waals surface area contributed by atoms with Crippen LogP contribution in [0.2, 0.25) is 0 Å². The highest BCUT2D eigenvalue weighted by Gasteiger charge is 1.99. The fraction of sp³-hybridized carbons (Fsp3) is 0.857. The van der Waals surface area contributed by atoms with E-state index in [0.29, 0.717) is 59.1 Å². The topological polar surface area (TPSA) is 95.1 Å². The monoisotopic (exact) mass is 320 g/mol. The lowest BCUT2D eigenvalue weighted by Crippen LogP contribution is -2.26. The van der Waals surface area contributed by atoms with E-state index >= 15 is 0 Å². The molecular weight excluding hydrogens is 292 g/mol. The van der Waals surface area contributed by atoms with Gasteiger partial charge in [-0.25, -0.2) is 0 Å². The highest BCUT2D eigenvalue weighted by molar-refractivity contribution is 5.78. The van der Waals surface area contributed by atoms with E-state index in [-0.39, 0.29) is 18.9 Å². The third kappa shape index (κ3) is 17.0. The minimum Gasteiger partial charge on any atom is -0.379 e. The van der Waals surface area contributed by atoms with Crippen LogP contribution in [0.4, 0.5) is 0 Å². The van der Waals surface area contributed by atoms with Crippen LogP contribution in [0, 0.1) is 0 Å². The van der Waals surface area contributed by atoms with Crippen molar-refractivity contribution in [3.63, 3.8) is 0 Å². The van der Waals surface area contributed by atoms with Crippen molar-refractivity contribution < 1.29 is 28.5 Å². The van der Waals surface area contributed by atoms with E-state index in [1.165, 1.54) is 0 Å². The summed E-state index contributed by atoms with van der Waals surface area (Å²) in [5.74, 6) is -0.196. The van der Waals surface area contributed by atoms with Gasteiger partial charge in [-0.15, -0.1) is 0 Å². The number of likely N-dealkylation sites (N-methyl/N-ethyl adjacent to an activating group) is 1. The summed E-state index contributed by atoms with van der Waals surface area (Å²) in [4.78, 5) is 21.1. The van der Waals surface area contributed by atoms with Gasteiger partial charge in [-0.3, -0.25) is 4.79 Å². The highest BCUT2D eigenvalue weighted by atomic mass is 16.6. The van der Waals surface area contributed by atoms with E-state index in [2.05, 4.69) is 10.6 Å². The lowest BCUT2D eigenvalue weighted by atomic mass is 10.4. The predicted octanol–water partition coefficient (Wildman–Crippen LogP) is -1.02. The van der Waals surface area contributed by atoms with Crippen molar-refractivity contribution >= 4 is 12.2 Å². The molecule has 0 atom stereocenters. The lowest BCUT2D eigenvalue weighted by Gasteiger charge is -2.07. The normalized spacial score (nSPS) is 10.6. The first-order valence-electron chi connectivity index (χ1n) is 7.47. The van der Waals surface area contributed by atoms with Gasteiger partial charge >= 0.3 is 0 Å². The van der Waals surface area contributed by atoms with Gasteiger partial charge in [0.15, 0.2) is 0 Å². The Bertz CT molecular complexity index is 266. The van der Waals surface area contributed by atoms with Crippen molar-refractivity contribution in [3.05, 3.63) is 0 Å². The van der Waals surface area contributed by atoms with Crippen molar-refractivity contribution in [1.29, 1.82) is 0 Å². The van der Waals surface area contributed by atoms with Gasteiger partial charge in [0.05, 0.1) is 59.4 Å². The molecule has 1 amide bonds. The van der Waals surface area contributed by atoms with Gasteiger partial charge in [0.1, 0.15) is 6.29 Å². The summed E-state index contributed by atoms with van der Waals surface area (Å²) < 4.78 is 21.1. The van der Waals surface area contributed by atoms with Crippen LogP contribution in [0.3, 0.4) is 0 Å². The SMILES string of the molecule is CNCCOCCOCCOCCOCCC(=O)NCC=O. The van der Waals surface area contributed by atoms with E-state index < -0.39 is 0 Å². The molecule has 8 heteroatoms. The number of rotatable bonds is 17. The fourth-order valence-corrected chi connectivity index (χ4v) is 1.34. The predicted molar refractivity (Wildman–Crippen MR) is 80.9 cm³/mol. The smallest absolute Gasteiger partial charge is 0.222 e. The molecule has 0 bridgehead atoms. The summed E-state index contributed by atoms with van der Waals surface area (Å²) in [6.45, 7) is 4.91. The number of amides is 1. The Morgan fingerprint density at radius 3 is 1.86 bits per heavy atom. The van der Waals surface area contributed by atoms with E-state index in [0.717, 1.165) is 6.54 Å². The van der Waals surface area contributed by atoms with Crippen LogP contribution in [0.25, 0.3) is 0 Å². The van der Waals surface area contributed by atoms with Crippen molar-refractivity contribution in [2.24, 2.45) is 0 Å². The Labute approximate surface area is 131 Å². The molecule has 0 aromatic heterocycles. The minimum absolute atomic E-state index is 0.0441. The zero-order chi connectivity index (χ0) is 16.3. The zero-order valence-electron chi connectivity index (χ0n) is 13.3. The molecule has 0 rings (SSSR count). The second-order valence-electron chi connectivity index (χ2n) is 4.27. The molecule has 0 aliphatic heterocycles. The average molecular weight is 320 g/mol.